The van der Waals surface area contributed by atoms with E-state index >= 15 is 0 Å². The number of halogens is 1. The van der Waals surface area contributed by atoms with Gasteiger partial charge in [-0.3, -0.25) is 13.9 Å². The summed E-state index contributed by atoms with van der Waals surface area (Å²) in [4.78, 5) is 29.2. The summed E-state index contributed by atoms with van der Waals surface area (Å²) in [7, 11) is -3.79. The summed E-state index contributed by atoms with van der Waals surface area (Å²) in [5.74, 6) is -0.726. The van der Waals surface area contributed by atoms with Gasteiger partial charge in [-0.1, -0.05) is 90.8 Å². The van der Waals surface area contributed by atoms with Gasteiger partial charge >= 0.3 is 0 Å². The molecular weight excluding hydrogens is 590 g/mol. The Kier molecular flexibility index (Phi) is 11.8. The molecule has 2 amide bonds. The molecule has 214 valence electrons. The molecule has 7 nitrogen and oxygen atoms in total. The van der Waals surface area contributed by atoms with Crippen molar-refractivity contribution in [1.82, 2.24) is 10.2 Å². The summed E-state index contributed by atoms with van der Waals surface area (Å²) in [6.07, 6.45) is 3.93. The number of nitrogens with one attached hydrogen (secondary N) is 1. The van der Waals surface area contributed by atoms with Crippen molar-refractivity contribution >= 4 is 43.5 Å². The number of carbonyl (C=O) groups excluding carboxylic acids is 2. The van der Waals surface area contributed by atoms with Crippen molar-refractivity contribution < 1.29 is 18.0 Å². The van der Waals surface area contributed by atoms with Gasteiger partial charge < -0.3 is 10.2 Å². The quantitative estimate of drug-likeness (QED) is 0.245. The molecule has 3 rings (SSSR count). The van der Waals surface area contributed by atoms with Gasteiger partial charge in [0.05, 0.1) is 11.9 Å². The van der Waals surface area contributed by atoms with Gasteiger partial charge in [-0.2, -0.15) is 0 Å². The molecule has 0 heterocycles. The van der Waals surface area contributed by atoms with Crippen molar-refractivity contribution in [2.75, 3.05) is 23.7 Å². The van der Waals surface area contributed by atoms with Crippen LogP contribution in [0.4, 0.5) is 5.69 Å². The van der Waals surface area contributed by atoms with Crippen molar-refractivity contribution in [3.05, 3.63) is 100 Å². The van der Waals surface area contributed by atoms with Gasteiger partial charge in [-0.25, -0.2) is 8.42 Å². The molecule has 0 aliphatic carbocycles. The third-order valence-electron chi connectivity index (χ3n) is 6.65. The number of sulfonamides is 1. The smallest absolute Gasteiger partial charge is 0.244 e. The minimum Gasteiger partial charge on any atom is -0.354 e. The summed E-state index contributed by atoms with van der Waals surface area (Å²) >= 11 is 3.49. The van der Waals surface area contributed by atoms with Crippen LogP contribution in [-0.2, 0) is 39.0 Å². The maximum atomic E-state index is 14.1. The molecule has 3 aromatic rings. The summed E-state index contributed by atoms with van der Waals surface area (Å²) in [5.41, 5.74) is 3.19. The average Bonchev–Trinajstić information content (AvgIpc) is 2.93. The Hall–Kier alpha value is -3.17. The van der Waals surface area contributed by atoms with Gasteiger partial charge in [0.25, 0.3) is 0 Å². The number of unbranched alkanes of at least 4 members (excludes halogenated alkanes) is 1. The molecule has 9 heteroatoms. The van der Waals surface area contributed by atoms with Gasteiger partial charge in [0.2, 0.25) is 21.8 Å². The Morgan fingerprint density at radius 2 is 1.57 bits per heavy atom. The molecular formula is C31H38BrN3O4S. The lowest BCUT2D eigenvalue weighted by Gasteiger charge is -2.33. The van der Waals surface area contributed by atoms with Crippen molar-refractivity contribution in [2.45, 2.75) is 52.1 Å². The van der Waals surface area contributed by atoms with Gasteiger partial charge in [0.1, 0.15) is 12.6 Å². The molecule has 0 saturated heterocycles. The first-order valence-corrected chi connectivity index (χ1v) is 16.2. The molecule has 0 aliphatic heterocycles. The van der Waals surface area contributed by atoms with E-state index in [-0.39, 0.29) is 12.5 Å². The average molecular weight is 629 g/mol. The number of hydrogen-bond acceptors (Lipinski definition) is 4. The van der Waals surface area contributed by atoms with Crippen LogP contribution >= 0.6 is 15.9 Å². The molecule has 3 aromatic carbocycles. The summed E-state index contributed by atoms with van der Waals surface area (Å²) in [6.45, 7) is 4.28. The second kappa shape index (κ2) is 15.0. The van der Waals surface area contributed by atoms with Crippen molar-refractivity contribution in [1.29, 1.82) is 0 Å². The van der Waals surface area contributed by atoms with Crippen LogP contribution in [0.25, 0.3) is 0 Å². The van der Waals surface area contributed by atoms with Crippen LogP contribution in [0.15, 0.2) is 83.3 Å². The number of carbonyl (C=O) groups is 2. The fourth-order valence-corrected chi connectivity index (χ4v) is 5.70. The second-order valence-corrected chi connectivity index (χ2v) is 12.6. The number of anilines is 1. The predicted octanol–water partition coefficient (Wildman–Crippen LogP) is 5.33. The molecule has 1 atom stereocenters. The first-order valence-electron chi connectivity index (χ1n) is 13.5. The van der Waals surface area contributed by atoms with E-state index in [2.05, 4.69) is 21.2 Å². The van der Waals surface area contributed by atoms with E-state index in [1.807, 2.05) is 80.6 Å². The number of benzene rings is 3. The lowest BCUT2D eigenvalue weighted by molar-refractivity contribution is -0.140. The fourth-order valence-electron chi connectivity index (χ4n) is 4.40. The second-order valence-electron chi connectivity index (χ2n) is 9.79. The number of nitrogens with zero attached hydrogens (tertiary/aromatic N) is 2. The van der Waals surface area contributed by atoms with Crippen molar-refractivity contribution in [2.24, 2.45) is 0 Å². The molecule has 0 aromatic heterocycles. The van der Waals surface area contributed by atoms with E-state index in [4.69, 9.17) is 0 Å². The maximum Gasteiger partial charge on any atom is 0.244 e. The molecule has 0 radical (unpaired) electrons. The van der Waals surface area contributed by atoms with E-state index in [1.54, 1.807) is 12.1 Å². The highest BCUT2D eigenvalue weighted by Gasteiger charge is 2.33. The third-order valence-corrected chi connectivity index (χ3v) is 8.29. The first-order chi connectivity index (χ1) is 19.1. The zero-order valence-corrected chi connectivity index (χ0v) is 25.7. The van der Waals surface area contributed by atoms with Crippen LogP contribution in [0.2, 0.25) is 0 Å². The number of hydrogen-bond donors (Lipinski definition) is 1. The van der Waals surface area contributed by atoms with Gasteiger partial charge in [-0.15, -0.1) is 0 Å². The highest BCUT2D eigenvalue weighted by atomic mass is 79.9. The molecule has 0 aliphatic rings. The maximum absolute atomic E-state index is 14.1. The van der Waals surface area contributed by atoms with E-state index in [0.29, 0.717) is 18.7 Å². The molecule has 0 fully saturated rings. The molecule has 40 heavy (non-hydrogen) atoms. The van der Waals surface area contributed by atoms with Crippen LogP contribution in [-0.4, -0.2) is 50.5 Å². The minimum absolute atomic E-state index is 0.142. The standard InChI is InChI=1S/C31H38BrN3O4S/c1-4-6-19-33-31(37)29(21-25-11-8-7-9-12-25)34(22-26-13-10-14-27(32)20-26)30(36)23-35(40(3,38)39)28-17-15-24(5-2)16-18-28/h7-18,20,29H,4-6,19,21-23H2,1-3H3,(H,33,37)/t29-/m0/s1. The summed E-state index contributed by atoms with van der Waals surface area (Å²) < 4.78 is 27.7. The minimum atomic E-state index is -3.79. The Balaban J connectivity index is 2.02. The number of amides is 2. The van der Waals surface area contributed by atoms with E-state index < -0.39 is 28.5 Å². The van der Waals surface area contributed by atoms with E-state index in [9.17, 15) is 18.0 Å². The Labute approximate surface area is 246 Å². The normalized spacial score (nSPS) is 12.0. The highest BCUT2D eigenvalue weighted by Crippen LogP contribution is 2.22. The lowest BCUT2D eigenvalue weighted by Crippen LogP contribution is -2.53. The third kappa shape index (κ3) is 9.20. The van der Waals surface area contributed by atoms with Crippen LogP contribution in [0.5, 0.6) is 0 Å². The van der Waals surface area contributed by atoms with E-state index in [1.165, 1.54) is 4.90 Å². The molecule has 0 unspecified atom stereocenters. The molecule has 0 saturated carbocycles. The van der Waals surface area contributed by atoms with Crippen molar-refractivity contribution in [3.8, 4) is 0 Å². The zero-order valence-electron chi connectivity index (χ0n) is 23.3. The van der Waals surface area contributed by atoms with Gasteiger partial charge in [0, 0.05) is 24.0 Å². The Morgan fingerprint density at radius 3 is 2.17 bits per heavy atom. The number of rotatable bonds is 14. The first kappa shape index (κ1) is 31.4. The molecule has 1 N–H and O–H groups in total. The predicted molar refractivity (Wildman–Crippen MR) is 165 cm³/mol. The monoisotopic (exact) mass is 627 g/mol. The van der Waals surface area contributed by atoms with Crippen LogP contribution in [0.3, 0.4) is 0 Å². The van der Waals surface area contributed by atoms with Crippen LogP contribution in [0.1, 0.15) is 43.4 Å². The Bertz CT molecular complexity index is 1360. The topological polar surface area (TPSA) is 86.8 Å². The van der Waals surface area contributed by atoms with E-state index in [0.717, 1.165) is 51.0 Å². The largest absolute Gasteiger partial charge is 0.354 e. The van der Waals surface area contributed by atoms with Crippen molar-refractivity contribution in [3.63, 3.8) is 0 Å². The SMILES string of the molecule is CCCCNC(=O)[C@H](Cc1ccccc1)N(Cc1cccc(Br)c1)C(=O)CN(c1ccc(CC)cc1)S(C)(=O)=O. The van der Waals surface area contributed by atoms with Crippen LogP contribution < -0.4 is 9.62 Å². The zero-order chi connectivity index (χ0) is 29.1. The Morgan fingerprint density at radius 1 is 0.900 bits per heavy atom. The number of aryl methyl sites for hydroxylation is 1. The van der Waals surface area contributed by atoms with Gasteiger partial charge in [-0.05, 0) is 53.8 Å². The molecule has 0 spiro atoms. The summed E-state index contributed by atoms with van der Waals surface area (Å²) in [5, 5.41) is 2.99. The fraction of sp³-hybridized carbons (Fsp3) is 0.355. The molecule has 0 bridgehead atoms. The summed E-state index contributed by atoms with van der Waals surface area (Å²) in [6, 6.07) is 23.4. The lowest BCUT2D eigenvalue weighted by atomic mass is 10.0. The van der Waals surface area contributed by atoms with Gasteiger partial charge in [0.15, 0.2) is 0 Å². The highest BCUT2D eigenvalue weighted by molar-refractivity contribution is 9.10. The van der Waals surface area contributed by atoms with Crippen LogP contribution in [0, 0.1) is 0 Å².